The van der Waals surface area contributed by atoms with Gasteiger partial charge in [-0.25, -0.2) is 0 Å². The highest BCUT2D eigenvalue weighted by atomic mass is 32.2. The minimum Gasteiger partial charge on any atom is -0.384 e. The van der Waals surface area contributed by atoms with E-state index < -0.39 is 0 Å². The lowest BCUT2D eigenvalue weighted by Gasteiger charge is -2.04. The monoisotopic (exact) mass is 213 g/mol. The molecule has 0 fully saturated rings. The molecular weight excluding hydrogens is 198 g/mol. The fraction of sp³-hybridized carbons (Fsp3) is 0.400. The lowest BCUT2D eigenvalue weighted by Crippen LogP contribution is -2.04. The highest BCUT2D eigenvalue weighted by Gasteiger charge is 1.89. The first-order chi connectivity index (χ1) is 6.43. The van der Waals surface area contributed by atoms with E-state index in [1.807, 2.05) is 30.0 Å². The number of benzene rings is 1. The van der Waals surface area contributed by atoms with Gasteiger partial charge in [0, 0.05) is 23.7 Å². The van der Waals surface area contributed by atoms with Gasteiger partial charge in [-0.3, -0.25) is 0 Å². The van der Waals surface area contributed by atoms with Crippen LogP contribution in [0.5, 0.6) is 0 Å². The van der Waals surface area contributed by atoms with Gasteiger partial charge in [-0.1, -0.05) is 18.2 Å². The van der Waals surface area contributed by atoms with Gasteiger partial charge in [0.2, 0.25) is 0 Å². The molecule has 0 saturated carbocycles. The fourth-order valence-corrected chi connectivity index (χ4v) is 1.96. The molecule has 0 radical (unpaired) electrons. The van der Waals surface area contributed by atoms with E-state index in [0.717, 1.165) is 23.8 Å². The number of thiol groups is 1. The SMILES string of the molecule is SCCSCCNc1ccccc1. The quantitative estimate of drug-likeness (QED) is 0.557. The molecule has 0 saturated heterocycles. The largest absolute Gasteiger partial charge is 0.384 e. The predicted octanol–water partition coefficient (Wildman–Crippen LogP) is 2.76. The van der Waals surface area contributed by atoms with E-state index in [4.69, 9.17) is 0 Å². The van der Waals surface area contributed by atoms with Crippen LogP contribution >= 0.6 is 24.4 Å². The van der Waals surface area contributed by atoms with Crippen molar-refractivity contribution in [3.05, 3.63) is 30.3 Å². The number of hydrogen-bond acceptors (Lipinski definition) is 3. The first-order valence-electron chi connectivity index (χ1n) is 4.41. The Kier molecular flexibility index (Phi) is 5.94. The molecule has 0 spiro atoms. The van der Waals surface area contributed by atoms with E-state index in [-0.39, 0.29) is 0 Å². The minimum absolute atomic E-state index is 0.968. The van der Waals surface area contributed by atoms with E-state index in [2.05, 4.69) is 30.1 Å². The zero-order chi connectivity index (χ0) is 9.36. The van der Waals surface area contributed by atoms with Crippen molar-refractivity contribution in [1.29, 1.82) is 0 Å². The van der Waals surface area contributed by atoms with Gasteiger partial charge in [-0.2, -0.15) is 24.4 Å². The lowest BCUT2D eigenvalue weighted by atomic mass is 10.3. The predicted molar refractivity (Wildman–Crippen MR) is 66.1 cm³/mol. The van der Waals surface area contributed by atoms with Crippen LogP contribution in [0.4, 0.5) is 5.69 Å². The van der Waals surface area contributed by atoms with E-state index in [9.17, 15) is 0 Å². The second-order valence-corrected chi connectivity index (χ2v) is 4.30. The first kappa shape index (κ1) is 10.8. The normalized spacial score (nSPS) is 9.92. The van der Waals surface area contributed by atoms with Crippen LogP contribution in [-0.4, -0.2) is 23.8 Å². The van der Waals surface area contributed by atoms with Crippen LogP contribution in [0.15, 0.2) is 30.3 Å². The topological polar surface area (TPSA) is 12.0 Å². The number of anilines is 1. The standard InChI is InChI=1S/C10H15NS2/c12-7-9-13-8-6-11-10-4-2-1-3-5-10/h1-5,11-12H,6-9H2. The zero-order valence-electron chi connectivity index (χ0n) is 7.57. The number of thioether (sulfide) groups is 1. The highest BCUT2D eigenvalue weighted by molar-refractivity contribution is 8.00. The average molecular weight is 213 g/mol. The maximum absolute atomic E-state index is 4.15. The smallest absolute Gasteiger partial charge is 0.0340 e. The van der Waals surface area contributed by atoms with Crippen LogP contribution in [0.2, 0.25) is 0 Å². The molecule has 0 aliphatic rings. The third-order valence-corrected chi connectivity index (χ3v) is 3.10. The maximum atomic E-state index is 4.15. The summed E-state index contributed by atoms with van der Waals surface area (Å²) in [6.45, 7) is 1.03. The van der Waals surface area contributed by atoms with Crippen molar-refractivity contribution in [2.45, 2.75) is 0 Å². The van der Waals surface area contributed by atoms with Crippen molar-refractivity contribution < 1.29 is 0 Å². The van der Waals surface area contributed by atoms with Crippen molar-refractivity contribution in [3.8, 4) is 0 Å². The van der Waals surface area contributed by atoms with Gasteiger partial charge in [-0.15, -0.1) is 0 Å². The Labute approximate surface area is 89.7 Å². The molecule has 0 aliphatic carbocycles. The summed E-state index contributed by atoms with van der Waals surface area (Å²) in [7, 11) is 0. The molecule has 0 aromatic heterocycles. The van der Waals surface area contributed by atoms with Gasteiger partial charge < -0.3 is 5.32 Å². The zero-order valence-corrected chi connectivity index (χ0v) is 9.28. The minimum atomic E-state index is 0.968. The van der Waals surface area contributed by atoms with E-state index in [1.54, 1.807) is 0 Å². The Balaban J connectivity index is 2.07. The molecule has 1 aromatic carbocycles. The third-order valence-electron chi connectivity index (χ3n) is 1.58. The third kappa shape index (κ3) is 5.11. The number of para-hydroxylation sites is 1. The molecule has 72 valence electrons. The summed E-state index contributed by atoms with van der Waals surface area (Å²) < 4.78 is 0. The van der Waals surface area contributed by atoms with E-state index in [0.29, 0.717) is 0 Å². The van der Waals surface area contributed by atoms with Crippen LogP contribution in [0, 0.1) is 0 Å². The van der Waals surface area contributed by atoms with Crippen LogP contribution < -0.4 is 5.32 Å². The first-order valence-corrected chi connectivity index (χ1v) is 6.19. The molecule has 3 heteroatoms. The van der Waals surface area contributed by atoms with Gasteiger partial charge in [0.25, 0.3) is 0 Å². The van der Waals surface area contributed by atoms with Gasteiger partial charge >= 0.3 is 0 Å². The lowest BCUT2D eigenvalue weighted by molar-refractivity contribution is 1.23. The Morgan fingerprint density at radius 2 is 1.92 bits per heavy atom. The average Bonchev–Trinajstić information content (AvgIpc) is 2.19. The van der Waals surface area contributed by atoms with Gasteiger partial charge in [0.1, 0.15) is 0 Å². The maximum Gasteiger partial charge on any atom is 0.0340 e. The molecule has 0 unspecified atom stereocenters. The summed E-state index contributed by atoms with van der Waals surface area (Å²) in [5.41, 5.74) is 1.20. The van der Waals surface area contributed by atoms with Crippen molar-refractivity contribution in [2.75, 3.05) is 29.1 Å². The summed E-state index contributed by atoms with van der Waals surface area (Å²) >= 11 is 6.09. The summed E-state index contributed by atoms with van der Waals surface area (Å²) in [6, 6.07) is 10.3. The van der Waals surface area contributed by atoms with E-state index in [1.165, 1.54) is 5.69 Å². The van der Waals surface area contributed by atoms with Gasteiger partial charge in [0.15, 0.2) is 0 Å². The number of nitrogens with one attached hydrogen (secondary N) is 1. The summed E-state index contributed by atoms with van der Waals surface area (Å²) in [6.07, 6.45) is 0. The molecule has 0 bridgehead atoms. The highest BCUT2D eigenvalue weighted by Crippen LogP contribution is 2.05. The van der Waals surface area contributed by atoms with Crippen LogP contribution in [0.3, 0.4) is 0 Å². The molecule has 1 rings (SSSR count). The van der Waals surface area contributed by atoms with Gasteiger partial charge in [0.05, 0.1) is 0 Å². The van der Waals surface area contributed by atoms with Crippen molar-refractivity contribution >= 4 is 30.1 Å². The summed E-state index contributed by atoms with van der Waals surface area (Å²) in [4.78, 5) is 0. The summed E-state index contributed by atoms with van der Waals surface area (Å²) in [5, 5.41) is 3.36. The molecule has 0 atom stereocenters. The van der Waals surface area contributed by atoms with E-state index >= 15 is 0 Å². The molecule has 0 amide bonds. The number of rotatable bonds is 6. The van der Waals surface area contributed by atoms with Crippen LogP contribution in [0.1, 0.15) is 0 Å². The van der Waals surface area contributed by atoms with Crippen molar-refractivity contribution in [3.63, 3.8) is 0 Å². The molecule has 1 N–H and O–H groups in total. The van der Waals surface area contributed by atoms with Crippen molar-refractivity contribution in [2.24, 2.45) is 0 Å². The summed E-state index contributed by atoms with van der Waals surface area (Å²) in [5.74, 6) is 3.25. The molecule has 0 heterocycles. The Morgan fingerprint density at radius 3 is 2.62 bits per heavy atom. The Hall–Kier alpha value is -0.280. The Bertz CT molecular complexity index is 213. The molecule has 1 aromatic rings. The van der Waals surface area contributed by atoms with Gasteiger partial charge in [-0.05, 0) is 17.9 Å². The second kappa shape index (κ2) is 7.15. The molecule has 13 heavy (non-hydrogen) atoms. The van der Waals surface area contributed by atoms with Crippen LogP contribution in [-0.2, 0) is 0 Å². The second-order valence-electron chi connectivity index (χ2n) is 2.63. The molecule has 1 nitrogen and oxygen atoms in total. The number of hydrogen-bond donors (Lipinski definition) is 2. The van der Waals surface area contributed by atoms with Crippen LogP contribution in [0.25, 0.3) is 0 Å². The molecule has 0 aliphatic heterocycles. The molecular formula is C10H15NS2. The van der Waals surface area contributed by atoms with Crippen molar-refractivity contribution in [1.82, 2.24) is 0 Å². The Morgan fingerprint density at radius 1 is 1.15 bits per heavy atom. The fourth-order valence-electron chi connectivity index (χ4n) is 0.990.